The van der Waals surface area contributed by atoms with Crippen LogP contribution in [0.25, 0.3) is 10.9 Å². The number of carbonyl (C=O) groups excluding carboxylic acids is 1. The third-order valence-electron chi connectivity index (χ3n) is 4.50. The molecule has 0 saturated carbocycles. The number of hydrogen-bond acceptors (Lipinski definition) is 1. The standard InChI is InChI=1S/C20H22N2O/c1-14-18(16-12-8-9-13-17(16)21-14)20(2,3)19(23)22(4)15-10-6-5-7-11-15/h5-13,21H,1-4H3. The Hall–Kier alpha value is -2.55. The van der Waals surface area contributed by atoms with E-state index in [1.54, 1.807) is 4.90 Å². The Labute approximate surface area is 136 Å². The predicted molar refractivity (Wildman–Crippen MR) is 95.9 cm³/mol. The maximum atomic E-state index is 13.2. The summed E-state index contributed by atoms with van der Waals surface area (Å²) >= 11 is 0. The Bertz CT molecular complexity index is 846. The van der Waals surface area contributed by atoms with Gasteiger partial charge in [-0.3, -0.25) is 4.79 Å². The van der Waals surface area contributed by atoms with Crippen LogP contribution >= 0.6 is 0 Å². The van der Waals surface area contributed by atoms with Gasteiger partial charge in [0.2, 0.25) is 5.91 Å². The van der Waals surface area contributed by atoms with Crippen LogP contribution in [0.15, 0.2) is 54.6 Å². The second-order valence-corrected chi connectivity index (χ2v) is 6.50. The van der Waals surface area contributed by atoms with Crippen molar-refractivity contribution in [3.8, 4) is 0 Å². The first-order valence-corrected chi connectivity index (χ1v) is 7.84. The Morgan fingerprint density at radius 1 is 1.00 bits per heavy atom. The third-order valence-corrected chi connectivity index (χ3v) is 4.50. The summed E-state index contributed by atoms with van der Waals surface area (Å²) in [5, 5.41) is 1.12. The lowest BCUT2D eigenvalue weighted by Crippen LogP contribution is -2.41. The number of aryl methyl sites for hydroxylation is 1. The highest BCUT2D eigenvalue weighted by Crippen LogP contribution is 2.35. The Morgan fingerprint density at radius 2 is 1.61 bits per heavy atom. The third kappa shape index (κ3) is 2.52. The van der Waals surface area contributed by atoms with Crippen LogP contribution in [0.3, 0.4) is 0 Å². The minimum absolute atomic E-state index is 0.0801. The van der Waals surface area contributed by atoms with Crippen molar-refractivity contribution in [3.05, 3.63) is 65.9 Å². The van der Waals surface area contributed by atoms with Gasteiger partial charge in [0, 0.05) is 29.3 Å². The molecule has 118 valence electrons. The lowest BCUT2D eigenvalue weighted by Gasteiger charge is -2.30. The van der Waals surface area contributed by atoms with Gasteiger partial charge in [-0.15, -0.1) is 0 Å². The van der Waals surface area contributed by atoms with Crippen molar-refractivity contribution in [1.29, 1.82) is 0 Å². The van der Waals surface area contributed by atoms with Crippen LogP contribution in [-0.2, 0) is 10.2 Å². The van der Waals surface area contributed by atoms with Crippen molar-refractivity contribution in [2.45, 2.75) is 26.2 Å². The molecule has 3 heteroatoms. The van der Waals surface area contributed by atoms with Gasteiger partial charge < -0.3 is 9.88 Å². The molecule has 0 bridgehead atoms. The number of anilines is 1. The molecule has 0 spiro atoms. The molecule has 3 nitrogen and oxygen atoms in total. The summed E-state index contributed by atoms with van der Waals surface area (Å²) in [6.07, 6.45) is 0. The number of aromatic nitrogens is 1. The minimum Gasteiger partial charge on any atom is -0.358 e. The summed E-state index contributed by atoms with van der Waals surface area (Å²) in [6.45, 7) is 6.03. The zero-order chi connectivity index (χ0) is 16.6. The molecule has 3 rings (SSSR count). The second kappa shape index (κ2) is 5.58. The molecule has 1 heterocycles. The van der Waals surface area contributed by atoms with E-state index in [1.165, 1.54) is 0 Å². The first-order chi connectivity index (χ1) is 10.9. The van der Waals surface area contributed by atoms with Crippen molar-refractivity contribution in [2.75, 3.05) is 11.9 Å². The molecule has 0 saturated heterocycles. The second-order valence-electron chi connectivity index (χ2n) is 6.50. The average molecular weight is 306 g/mol. The van der Waals surface area contributed by atoms with E-state index < -0.39 is 5.41 Å². The Morgan fingerprint density at radius 3 is 2.30 bits per heavy atom. The van der Waals surface area contributed by atoms with E-state index in [2.05, 4.69) is 11.1 Å². The molecule has 0 fully saturated rings. The van der Waals surface area contributed by atoms with Gasteiger partial charge in [-0.2, -0.15) is 0 Å². The van der Waals surface area contributed by atoms with Crippen molar-refractivity contribution >= 4 is 22.5 Å². The fraction of sp³-hybridized carbons (Fsp3) is 0.250. The lowest BCUT2D eigenvalue weighted by molar-refractivity contribution is -0.122. The number of likely N-dealkylation sites (N-methyl/N-ethyl adjacent to an activating group) is 1. The molecule has 23 heavy (non-hydrogen) atoms. The molecule has 2 aromatic carbocycles. The SMILES string of the molecule is Cc1[nH]c2ccccc2c1C(C)(C)C(=O)N(C)c1ccccc1. The predicted octanol–water partition coefficient (Wildman–Crippen LogP) is 4.42. The van der Waals surface area contributed by atoms with Gasteiger partial charge in [-0.25, -0.2) is 0 Å². The van der Waals surface area contributed by atoms with Crippen LogP contribution in [0, 0.1) is 6.92 Å². The molecular formula is C20H22N2O. The van der Waals surface area contributed by atoms with Gasteiger partial charge in [0.05, 0.1) is 5.41 Å². The van der Waals surface area contributed by atoms with Gasteiger partial charge in [0.15, 0.2) is 0 Å². The highest BCUT2D eigenvalue weighted by atomic mass is 16.2. The van der Waals surface area contributed by atoms with E-state index in [-0.39, 0.29) is 5.91 Å². The molecule has 0 aliphatic carbocycles. The van der Waals surface area contributed by atoms with E-state index in [9.17, 15) is 4.79 Å². The van der Waals surface area contributed by atoms with E-state index in [0.717, 1.165) is 27.8 Å². The van der Waals surface area contributed by atoms with Gasteiger partial charge in [-0.1, -0.05) is 36.4 Å². The molecule has 1 amide bonds. The molecule has 1 aromatic heterocycles. The Kier molecular flexibility index (Phi) is 3.72. The number of H-pyrrole nitrogens is 1. The summed E-state index contributed by atoms with van der Waals surface area (Å²) in [6, 6.07) is 17.9. The number of benzene rings is 2. The largest absolute Gasteiger partial charge is 0.358 e. The number of amides is 1. The highest BCUT2D eigenvalue weighted by Gasteiger charge is 2.36. The fourth-order valence-electron chi connectivity index (χ4n) is 3.38. The summed E-state index contributed by atoms with van der Waals surface area (Å²) in [7, 11) is 1.84. The van der Waals surface area contributed by atoms with Crippen molar-refractivity contribution < 1.29 is 4.79 Å². The summed E-state index contributed by atoms with van der Waals surface area (Å²) in [4.78, 5) is 18.3. The Balaban J connectivity index is 2.06. The number of hydrogen-bond donors (Lipinski definition) is 1. The van der Waals surface area contributed by atoms with E-state index in [4.69, 9.17) is 0 Å². The van der Waals surface area contributed by atoms with Crippen LogP contribution in [0.1, 0.15) is 25.1 Å². The quantitative estimate of drug-likeness (QED) is 0.764. The zero-order valence-electron chi connectivity index (χ0n) is 14.1. The fourth-order valence-corrected chi connectivity index (χ4v) is 3.38. The number of nitrogens with one attached hydrogen (secondary N) is 1. The van der Waals surface area contributed by atoms with Crippen LogP contribution < -0.4 is 4.90 Å². The number of nitrogens with zero attached hydrogens (tertiary/aromatic N) is 1. The monoisotopic (exact) mass is 306 g/mol. The van der Waals surface area contributed by atoms with Crippen molar-refractivity contribution in [3.63, 3.8) is 0 Å². The van der Waals surface area contributed by atoms with Crippen LogP contribution in [0.4, 0.5) is 5.69 Å². The van der Waals surface area contributed by atoms with Gasteiger partial charge in [0.1, 0.15) is 0 Å². The molecular weight excluding hydrogens is 284 g/mol. The smallest absolute Gasteiger partial charge is 0.236 e. The van der Waals surface area contributed by atoms with Crippen LogP contribution in [0.5, 0.6) is 0 Å². The summed E-state index contributed by atoms with van der Waals surface area (Å²) in [5.41, 5.74) is 3.48. The molecule has 0 radical (unpaired) electrons. The number of para-hydroxylation sites is 2. The van der Waals surface area contributed by atoms with Crippen LogP contribution in [-0.4, -0.2) is 17.9 Å². The van der Waals surface area contributed by atoms with Crippen molar-refractivity contribution in [2.24, 2.45) is 0 Å². The first kappa shape index (κ1) is 15.3. The topological polar surface area (TPSA) is 36.1 Å². The molecule has 0 unspecified atom stereocenters. The molecule has 0 aliphatic rings. The lowest BCUT2D eigenvalue weighted by atomic mass is 9.81. The number of carbonyl (C=O) groups is 1. The molecule has 0 aliphatic heterocycles. The minimum atomic E-state index is -0.617. The maximum absolute atomic E-state index is 13.2. The normalized spacial score (nSPS) is 11.7. The van der Waals surface area contributed by atoms with Gasteiger partial charge in [0.25, 0.3) is 0 Å². The van der Waals surface area contributed by atoms with E-state index >= 15 is 0 Å². The molecule has 1 N–H and O–H groups in total. The van der Waals surface area contributed by atoms with Crippen molar-refractivity contribution in [1.82, 2.24) is 4.98 Å². The van der Waals surface area contributed by atoms with Crippen LogP contribution in [0.2, 0.25) is 0 Å². The summed E-state index contributed by atoms with van der Waals surface area (Å²) in [5.74, 6) is 0.0801. The van der Waals surface area contributed by atoms with E-state index in [0.29, 0.717) is 0 Å². The number of aromatic amines is 1. The van der Waals surface area contributed by atoms with Gasteiger partial charge >= 0.3 is 0 Å². The average Bonchev–Trinajstić information content (AvgIpc) is 2.90. The highest BCUT2D eigenvalue weighted by molar-refractivity contribution is 6.03. The number of fused-ring (bicyclic) bond motifs is 1. The first-order valence-electron chi connectivity index (χ1n) is 7.84. The van der Waals surface area contributed by atoms with Gasteiger partial charge in [-0.05, 0) is 44.5 Å². The number of rotatable bonds is 3. The van der Waals surface area contributed by atoms with E-state index in [1.807, 2.05) is 76.3 Å². The summed E-state index contributed by atoms with van der Waals surface area (Å²) < 4.78 is 0. The molecule has 3 aromatic rings. The molecule has 0 atom stereocenters. The zero-order valence-corrected chi connectivity index (χ0v) is 14.1. The maximum Gasteiger partial charge on any atom is 0.236 e.